The molecule has 2 fully saturated rings. The molecule has 3 atom stereocenters. The second-order valence-electron chi connectivity index (χ2n) is 7.13. The third kappa shape index (κ3) is 4.12. The van der Waals surface area contributed by atoms with Crippen LogP contribution in [0, 0.1) is 11.8 Å². The molecule has 0 spiro atoms. The molecule has 23 heavy (non-hydrogen) atoms. The number of nitrogens with one attached hydrogen (secondary N) is 1. The molecule has 6 heteroatoms. The molecule has 6 nitrogen and oxygen atoms in total. The number of hydrogen-bond donors (Lipinski definition) is 1. The van der Waals surface area contributed by atoms with Crippen molar-refractivity contribution in [1.82, 2.24) is 20.2 Å². The van der Waals surface area contributed by atoms with E-state index in [0.29, 0.717) is 11.8 Å². The van der Waals surface area contributed by atoms with Crippen LogP contribution in [0.2, 0.25) is 0 Å². The first-order valence-electron chi connectivity index (χ1n) is 8.69. The fourth-order valence-electron chi connectivity index (χ4n) is 3.83. The molecule has 3 rings (SSSR count). The minimum absolute atomic E-state index is 0.0873. The third-order valence-electron chi connectivity index (χ3n) is 4.74. The number of aromatic nitrogens is 2. The number of nitrogens with zero attached hydrogens (tertiary/aromatic N) is 4. The number of rotatable bonds is 2. The zero-order valence-corrected chi connectivity index (χ0v) is 14.1. The number of anilines is 1. The number of carbonyl (C=O) groups excluding carboxylic acids is 1. The molecule has 3 unspecified atom stereocenters. The molecule has 0 bridgehead atoms. The minimum Gasteiger partial charge on any atom is -0.339 e. The molecule has 1 aromatic rings. The second kappa shape index (κ2) is 7.15. The van der Waals surface area contributed by atoms with Crippen molar-refractivity contribution in [2.75, 3.05) is 31.1 Å². The predicted molar refractivity (Wildman–Crippen MR) is 90.3 cm³/mol. The number of carbonyl (C=O) groups is 1. The summed E-state index contributed by atoms with van der Waals surface area (Å²) in [5.41, 5.74) is 0. The molecule has 0 aliphatic carbocycles. The lowest BCUT2D eigenvalue weighted by atomic mass is 9.92. The van der Waals surface area contributed by atoms with Crippen molar-refractivity contribution in [2.24, 2.45) is 11.8 Å². The number of urea groups is 1. The molecule has 126 valence electrons. The van der Waals surface area contributed by atoms with E-state index >= 15 is 0 Å². The van der Waals surface area contributed by atoms with Gasteiger partial charge < -0.3 is 15.1 Å². The second-order valence-corrected chi connectivity index (χ2v) is 7.13. The summed E-state index contributed by atoms with van der Waals surface area (Å²) in [5.74, 6) is 1.93. The van der Waals surface area contributed by atoms with Gasteiger partial charge in [0.05, 0.1) is 0 Å². The standard InChI is InChI=1S/C17H27N5O/c1-13-9-14(2)11-22(10-13)17(23)20-15-5-3-8-21(12-15)16-18-6-4-7-19-16/h4,6-7,13-15H,3,5,8-12H2,1-2H3,(H,20,23). The van der Waals surface area contributed by atoms with Crippen molar-refractivity contribution in [2.45, 2.75) is 39.2 Å². The topological polar surface area (TPSA) is 61.4 Å². The van der Waals surface area contributed by atoms with Gasteiger partial charge in [0.15, 0.2) is 0 Å². The van der Waals surface area contributed by atoms with E-state index in [4.69, 9.17) is 0 Å². The Morgan fingerprint density at radius 3 is 2.57 bits per heavy atom. The van der Waals surface area contributed by atoms with Gasteiger partial charge in [0.25, 0.3) is 0 Å². The first-order valence-corrected chi connectivity index (χ1v) is 8.69. The molecule has 2 amide bonds. The van der Waals surface area contributed by atoms with Gasteiger partial charge in [-0.15, -0.1) is 0 Å². The van der Waals surface area contributed by atoms with Gasteiger partial charge in [0, 0.05) is 44.6 Å². The highest BCUT2D eigenvalue weighted by Gasteiger charge is 2.28. The van der Waals surface area contributed by atoms with Crippen LogP contribution in [0.5, 0.6) is 0 Å². The summed E-state index contributed by atoms with van der Waals surface area (Å²) in [6.45, 7) is 7.93. The lowest BCUT2D eigenvalue weighted by molar-refractivity contribution is 0.142. The molecule has 2 saturated heterocycles. The Morgan fingerprint density at radius 1 is 1.17 bits per heavy atom. The minimum atomic E-state index is 0.0873. The van der Waals surface area contributed by atoms with Crippen molar-refractivity contribution in [3.63, 3.8) is 0 Å². The summed E-state index contributed by atoms with van der Waals surface area (Å²) < 4.78 is 0. The fourth-order valence-corrected chi connectivity index (χ4v) is 3.83. The normalized spacial score (nSPS) is 28.5. The van der Waals surface area contributed by atoms with Crippen LogP contribution in [-0.4, -0.2) is 53.1 Å². The number of likely N-dealkylation sites (tertiary alicyclic amines) is 1. The first-order chi connectivity index (χ1) is 11.1. The van der Waals surface area contributed by atoms with Crippen LogP contribution < -0.4 is 10.2 Å². The molecule has 0 aromatic carbocycles. The zero-order chi connectivity index (χ0) is 16.2. The molecule has 1 N–H and O–H groups in total. The van der Waals surface area contributed by atoms with Crippen molar-refractivity contribution < 1.29 is 4.79 Å². The van der Waals surface area contributed by atoms with E-state index in [1.807, 2.05) is 11.0 Å². The Morgan fingerprint density at radius 2 is 1.87 bits per heavy atom. The van der Waals surface area contributed by atoms with Crippen molar-refractivity contribution in [3.05, 3.63) is 18.5 Å². The summed E-state index contributed by atoms with van der Waals surface area (Å²) in [6.07, 6.45) is 6.82. The van der Waals surface area contributed by atoms with Crippen LogP contribution in [-0.2, 0) is 0 Å². The Balaban J connectivity index is 1.56. The monoisotopic (exact) mass is 317 g/mol. The van der Waals surface area contributed by atoms with E-state index in [9.17, 15) is 4.79 Å². The fraction of sp³-hybridized carbons (Fsp3) is 0.706. The van der Waals surface area contributed by atoms with E-state index in [2.05, 4.69) is 34.0 Å². The lowest BCUT2D eigenvalue weighted by Gasteiger charge is -2.38. The highest BCUT2D eigenvalue weighted by molar-refractivity contribution is 5.74. The molecule has 3 heterocycles. The molecule has 0 saturated carbocycles. The van der Waals surface area contributed by atoms with E-state index < -0.39 is 0 Å². The van der Waals surface area contributed by atoms with Crippen molar-refractivity contribution >= 4 is 12.0 Å². The van der Waals surface area contributed by atoms with Gasteiger partial charge in [-0.3, -0.25) is 0 Å². The van der Waals surface area contributed by atoms with Crippen LogP contribution in [0.4, 0.5) is 10.7 Å². The maximum Gasteiger partial charge on any atom is 0.317 e. The molecule has 0 radical (unpaired) electrons. The van der Waals surface area contributed by atoms with Crippen LogP contribution in [0.15, 0.2) is 18.5 Å². The molecule has 2 aliphatic rings. The van der Waals surface area contributed by atoms with E-state index in [0.717, 1.165) is 45.0 Å². The zero-order valence-electron chi connectivity index (χ0n) is 14.1. The van der Waals surface area contributed by atoms with Crippen LogP contribution in [0.1, 0.15) is 33.1 Å². The number of hydrogen-bond acceptors (Lipinski definition) is 4. The smallest absolute Gasteiger partial charge is 0.317 e. The average Bonchev–Trinajstić information content (AvgIpc) is 2.55. The van der Waals surface area contributed by atoms with Crippen molar-refractivity contribution in [3.8, 4) is 0 Å². The lowest BCUT2D eigenvalue weighted by Crippen LogP contribution is -2.54. The Hall–Kier alpha value is -1.85. The summed E-state index contributed by atoms with van der Waals surface area (Å²) in [6, 6.07) is 2.09. The first kappa shape index (κ1) is 16.0. The Bertz CT molecular complexity index is 513. The summed E-state index contributed by atoms with van der Waals surface area (Å²) >= 11 is 0. The van der Waals surface area contributed by atoms with Crippen LogP contribution in [0.25, 0.3) is 0 Å². The molecule has 1 aromatic heterocycles. The summed E-state index contributed by atoms with van der Waals surface area (Å²) in [5, 5.41) is 3.22. The molecular weight excluding hydrogens is 290 g/mol. The van der Waals surface area contributed by atoms with E-state index in [-0.39, 0.29) is 12.1 Å². The van der Waals surface area contributed by atoms with E-state index in [1.165, 1.54) is 6.42 Å². The van der Waals surface area contributed by atoms with Crippen LogP contribution in [0.3, 0.4) is 0 Å². The van der Waals surface area contributed by atoms with Gasteiger partial charge in [0.2, 0.25) is 5.95 Å². The van der Waals surface area contributed by atoms with Gasteiger partial charge >= 0.3 is 6.03 Å². The van der Waals surface area contributed by atoms with Gasteiger partial charge in [-0.25, -0.2) is 14.8 Å². The van der Waals surface area contributed by atoms with E-state index in [1.54, 1.807) is 12.4 Å². The predicted octanol–water partition coefficient (Wildman–Crippen LogP) is 2.13. The summed E-state index contributed by atoms with van der Waals surface area (Å²) in [7, 11) is 0. The number of amides is 2. The average molecular weight is 317 g/mol. The van der Waals surface area contributed by atoms with Crippen molar-refractivity contribution in [1.29, 1.82) is 0 Å². The quantitative estimate of drug-likeness (QED) is 0.908. The summed E-state index contributed by atoms with van der Waals surface area (Å²) in [4.78, 5) is 25.3. The van der Waals surface area contributed by atoms with Gasteiger partial charge in [-0.05, 0) is 37.2 Å². The Kier molecular flexibility index (Phi) is 4.98. The molecular formula is C17H27N5O. The van der Waals surface area contributed by atoms with Crippen LogP contribution >= 0.6 is 0 Å². The number of piperidine rings is 2. The maximum absolute atomic E-state index is 12.6. The van der Waals surface area contributed by atoms with Gasteiger partial charge in [-0.2, -0.15) is 0 Å². The highest BCUT2D eigenvalue weighted by atomic mass is 16.2. The van der Waals surface area contributed by atoms with Gasteiger partial charge in [-0.1, -0.05) is 13.8 Å². The molecule has 2 aliphatic heterocycles. The Labute approximate surface area is 138 Å². The highest BCUT2D eigenvalue weighted by Crippen LogP contribution is 2.21. The maximum atomic E-state index is 12.6. The third-order valence-corrected chi connectivity index (χ3v) is 4.74. The SMILES string of the molecule is CC1CC(C)CN(C(=O)NC2CCCN(c3ncccn3)C2)C1. The van der Waals surface area contributed by atoms with Gasteiger partial charge in [0.1, 0.15) is 0 Å². The largest absolute Gasteiger partial charge is 0.339 e.